The lowest BCUT2D eigenvalue weighted by atomic mass is 10.1. The first-order chi connectivity index (χ1) is 8.69. The number of hydrogen-bond donors (Lipinski definition) is 0. The molecule has 0 aliphatic rings. The summed E-state index contributed by atoms with van der Waals surface area (Å²) in [7, 11) is 0. The molecule has 0 aromatic heterocycles. The Morgan fingerprint density at radius 2 is 1.72 bits per heavy atom. The normalized spacial score (nSPS) is 9.83. The Hall–Kier alpha value is -1.69. The fourth-order valence-electron chi connectivity index (χ4n) is 1.53. The number of ether oxygens (including phenoxy) is 1. The van der Waals surface area contributed by atoms with Crippen LogP contribution in [0.25, 0.3) is 0 Å². The maximum atomic E-state index is 8.96. The highest BCUT2D eigenvalue weighted by molar-refractivity contribution is 6.34. The minimum atomic E-state index is 0.306. The van der Waals surface area contributed by atoms with Gasteiger partial charge >= 0.3 is 0 Å². The Labute approximate surface area is 115 Å². The van der Waals surface area contributed by atoms with Crippen LogP contribution in [-0.2, 0) is 6.61 Å². The van der Waals surface area contributed by atoms with Gasteiger partial charge in [0.15, 0.2) is 0 Å². The second-order valence-electron chi connectivity index (χ2n) is 3.66. The Balaban J connectivity index is 2.14. The van der Waals surface area contributed by atoms with E-state index in [9.17, 15) is 0 Å². The molecule has 0 aliphatic carbocycles. The van der Waals surface area contributed by atoms with E-state index in [4.69, 9.17) is 33.2 Å². The zero-order valence-corrected chi connectivity index (χ0v) is 10.9. The molecule has 0 saturated carbocycles. The summed E-state index contributed by atoms with van der Waals surface area (Å²) in [5.74, 6) is 0.584. The molecule has 0 fully saturated rings. The minimum Gasteiger partial charge on any atom is -0.489 e. The Morgan fingerprint density at radius 3 is 2.39 bits per heavy atom. The van der Waals surface area contributed by atoms with Gasteiger partial charge in [-0.1, -0.05) is 41.4 Å². The maximum Gasteiger partial charge on any atom is 0.122 e. The number of nitriles is 1. The van der Waals surface area contributed by atoms with Gasteiger partial charge in [0.05, 0.1) is 11.6 Å². The minimum absolute atomic E-state index is 0.306. The maximum absolute atomic E-state index is 8.96. The first-order valence-corrected chi connectivity index (χ1v) is 6.01. The number of halogens is 2. The average Bonchev–Trinajstić information content (AvgIpc) is 2.35. The summed E-state index contributed by atoms with van der Waals surface area (Å²) in [5, 5.41) is 10.00. The average molecular weight is 278 g/mol. The molecule has 0 spiro atoms. The van der Waals surface area contributed by atoms with E-state index < -0.39 is 0 Å². The van der Waals surface area contributed by atoms with Crippen molar-refractivity contribution in [2.45, 2.75) is 6.61 Å². The Morgan fingerprint density at radius 1 is 1.06 bits per heavy atom. The monoisotopic (exact) mass is 277 g/mol. The fourth-order valence-corrected chi connectivity index (χ4v) is 2.03. The van der Waals surface area contributed by atoms with Crippen molar-refractivity contribution in [2.24, 2.45) is 0 Å². The molecule has 0 atom stereocenters. The summed E-state index contributed by atoms with van der Waals surface area (Å²) in [4.78, 5) is 0. The summed E-state index contributed by atoms with van der Waals surface area (Å²) in [6, 6.07) is 14.4. The van der Waals surface area contributed by atoms with E-state index in [1.54, 1.807) is 24.3 Å². The van der Waals surface area contributed by atoms with Crippen molar-refractivity contribution in [1.29, 1.82) is 5.26 Å². The van der Waals surface area contributed by atoms with Crippen LogP contribution >= 0.6 is 23.2 Å². The first kappa shape index (κ1) is 12.8. The molecular formula is C14H9Cl2NO. The molecule has 0 radical (unpaired) electrons. The molecule has 2 aromatic carbocycles. The van der Waals surface area contributed by atoms with Crippen LogP contribution in [0.3, 0.4) is 0 Å². The zero-order chi connectivity index (χ0) is 13.0. The highest BCUT2D eigenvalue weighted by atomic mass is 35.5. The summed E-state index contributed by atoms with van der Waals surface area (Å²) < 4.78 is 5.58. The lowest BCUT2D eigenvalue weighted by molar-refractivity contribution is 0.306. The van der Waals surface area contributed by atoms with E-state index >= 15 is 0 Å². The van der Waals surface area contributed by atoms with Crippen molar-refractivity contribution in [3.05, 3.63) is 63.6 Å². The van der Waals surface area contributed by atoms with E-state index in [0.29, 0.717) is 28.0 Å². The predicted octanol–water partition coefficient (Wildman–Crippen LogP) is 4.44. The molecular weight excluding hydrogens is 269 g/mol. The Kier molecular flexibility index (Phi) is 4.09. The molecule has 2 aromatic rings. The lowest BCUT2D eigenvalue weighted by Gasteiger charge is -2.08. The second-order valence-corrected chi connectivity index (χ2v) is 4.54. The van der Waals surface area contributed by atoms with Gasteiger partial charge in [-0.2, -0.15) is 5.26 Å². The molecule has 0 heterocycles. The smallest absolute Gasteiger partial charge is 0.122 e. The van der Waals surface area contributed by atoms with Crippen molar-refractivity contribution in [2.75, 3.05) is 0 Å². The topological polar surface area (TPSA) is 33.0 Å². The summed E-state index contributed by atoms with van der Waals surface area (Å²) in [6.45, 7) is 0.306. The van der Waals surface area contributed by atoms with E-state index in [0.717, 1.165) is 5.56 Å². The van der Waals surface area contributed by atoms with E-state index in [1.807, 2.05) is 18.2 Å². The number of rotatable bonds is 3. The van der Waals surface area contributed by atoms with Crippen molar-refractivity contribution < 1.29 is 4.74 Å². The van der Waals surface area contributed by atoms with Gasteiger partial charge in [-0.3, -0.25) is 0 Å². The van der Waals surface area contributed by atoms with E-state index in [-0.39, 0.29) is 0 Å². The molecule has 0 amide bonds. The molecule has 0 bridgehead atoms. The highest BCUT2D eigenvalue weighted by Crippen LogP contribution is 2.25. The number of nitrogens with zero attached hydrogens (tertiary/aromatic N) is 1. The third-order valence-corrected chi connectivity index (χ3v) is 2.80. The van der Waals surface area contributed by atoms with Gasteiger partial charge in [0.1, 0.15) is 12.4 Å². The molecule has 90 valence electrons. The number of hydrogen-bond acceptors (Lipinski definition) is 2. The summed E-state index contributed by atoms with van der Waals surface area (Å²) in [5.41, 5.74) is 1.43. The fraction of sp³-hybridized carbons (Fsp3) is 0.0714. The first-order valence-electron chi connectivity index (χ1n) is 5.26. The SMILES string of the molecule is N#Cc1ccccc1COc1cc(Cl)cc(Cl)c1. The molecule has 0 saturated heterocycles. The van der Waals surface area contributed by atoms with Crippen LogP contribution in [0.4, 0.5) is 0 Å². The third-order valence-electron chi connectivity index (χ3n) is 2.37. The predicted molar refractivity (Wildman–Crippen MR) is 72.0 cm³/mol. The van der Waals surface area contributed by atoms with Gasteiger partial charge in [-0.05, 0) is 24.3 Å². The van der Waals surface area contributed by atoms with Crippen molar-refractivity contribution in [3.63, 3.8) is 0 Å². The molecule has 0 N–H and O–H groups in total. The molecule has 18 heavy (non-hydrogen) atoms. The largest absolute Gasteiger partial charge is 0.489 e. The summed E-state index contributed by atoms with van der Waals surface area (Å²) in [6.07, 6.45) is 0. The van der Waals surface area contributed by atoms with Crippen molar-refractivity contribution >= 4 is 23.2 Å². The molecule has 0 unspecified atom stereocenters. The van der Waals surface area contributed by atoms with Gasteiger partial charge in [-0.25, -0.2) is 0 Å². The molecule has 2 nitrogen and oxygen atoms in total. The van der Waals surface area contributed by atoms with Crippen LogP contribution in [-0.4, -0.2) is 0 Å². The van der Waals surface area contributed by atoms with E-state index in [1.165, 1.54) is 0 Å². The summed E-state index contributed by atoms with van der Waals surface area (Å²) >= 11 is 11.7. The quantitative estimate of drug-likeness (QED) is 0.831. The van der Waals surface area contributed by atoms with Crippen LogP contribution in [0.2, 0.25) is 10.0 Å². The second kappa shape index (κ2) is 5.77. The van der Waals surface area contributed by atoms with Crippen LogP contribution in [0, 0.1) is 11.3 Å². The van der Waals surface area contributed by atoms with Crippen molar-refractivity contribution in [1.82, 2.24) is 0 Å². The van der Waals surface area contributed by atoms with Crippen LogP contribution in [0.15, 0.2) is 42.5 Å². The van der Waals surface area contributed by atoms with Gasteiger partial charge < -0.3 is 4.74 Å². The Bertz CT molecular complexity index is 585. The van der Waals surface area contributed by atoms with Gasteiger partial charge in [0.25, 0.3) is 0 Å². The van der Waals surface area contributed by atoms with Gasteiger partial charge in [0, 0.05) is 15.6 Å². The van der Waals surface area contributed by atoms with Crippen LogP contribution in [0.1, 0.15) is 11.1 Å². The van der Waals surface area contributed by atoms with Gasteiger partial charge in [-0.15, -0.1) is 0 Å². The van der Waals surface area contributed by atoms with Gasteiger partial charge in [0.2, 0.25) is 0 Å². The molecule has 2 rings (SSSR count). The number of benzene rings is 2. The van der Waals surface area contributed by atoms with E-state index in [2.05, 4.69) is 6.07 Å². The van der Waals surface area contributed by atoms with Crippen molar-refractivity contribution in [3.8, 4) is 11.8 Å². The third kappa shape index (κ3) is 3.16. The lowest BCUT2D eigenvalue weighted by Crippen LogP contribution is -1.98. The van der Waals surface area contributed by atoms with Crippen LogP contribution in [0.5, 0.6) is 5.75 Å². The van der Waals surface area contributed by atoms with Crippen LogP contribution < -0.4 is 4.74 Å². The zero-order valence-electron chi connectivity index (χ0n) is 9.36. The highest BCUT2D eigenvalue weighted by Gasteiger charge is 2.03. The standard InChI is InChI=1S/C14H9Cl2NO/c15-12-5-13(16)7-14(6-12)18-9-11-4-2-1-3-10(11)8-17/h1-7H,9H2. The molecule has 0 aliphatic heterocycles. The molecule has 4 heteroatoms.